The Kier molecular flexibility index (Phi) is 25.4. The number of aliphatic hydroxyl groups excluding tert-OH is 17. The van der Waals surface area contributed by atoms with E-state index in [1.807, 2.05) is 13.0 Å². The third kappa shape index (κ3) is 15.3. The van der Waals surface area contributed by atoms with Gasteiger partial charge in [-0.15, -0.1) is 0 Å². The van der Waals surface area contributed by atoms with Gasteiger partial charge >= 0.3 is 5.97 Å². The smallest absolute Gasteiger partial charge is 0.309 e. The maximum Gasteiger partial charge on any atom is 0.309 e. The maximum absolute atomic E-state index is 13.8. The molecule has 0 bridgehead atoms. The summed E-state index contributed by atoms with van der Waals surface area (Å²) >= 11 is 0. The van der Waals surface area contributed by atoms with E-state index in [1.165, 1.54) is 20.8 Å². The first kappa shape index (κ1) is 66.2. The molecule has 30 nitrogen and oxygen atoms in total. The molecule has 6 saturated heterocycles. The first-order valence-electron chi connectivity index (χ1n) is 26.8. The number of unbranched alkanes of at least 4 members (excludes halogenated alkanes) is 3. The van der Waals surface area contributed by atoms with E-state index in [0.29, 0.717) is 0 Å². The van der Waals surface area contributed by atoms with Crippen molar-refractivity contribution in [1.29, 1.82) is 0 Å². The SMILES string of the molecule is CCCCCC=CCC(C)C(=O)OC1C(OC2C(COC3OC(CO)C(OC4OC(CO)C(C)C(O)C4O)C(O)C3O)OC(O)C(O)C2O)OC(CO)C(OC2OC(CO)C(OC3OC(CO)C(C)C(O)C3O)C(O)C2O)C1O. The van der Waals surface area contributed by atoms with Crippen molar-refractivity contribution in [2.24, 2.45) is 17.8 Å². The summed E-state index contributed by atoms with van der Waals surface area (Å²) in [6.07, 6.45) is -42.6. The number of ether oxygens (including phenoxy) is 12. The van der Waals surface area contributed by atoms with Gasteiger partial charge in [0.2, 0.25) is 0 Å². The predicted molar refractivity (Wildman–Crippen MR) is 256 cm³/mol. The molecule has 6 fully saturated rings. The van der Waals surface area contributed by atoms with E-state index in [-0.39, 0.29) is 6.42 Å². The molecule has 17 N–H and O–H groups in total. The minimum atomic E-state index is -2.14. The fourth-order valence-electron chi connectivity index (χ4n) is 10.2. The quantitative estimate of drug-likeness (QED) is 0.0242. The molecule has 0 aromatic heterocycles. The zero-order valence-corrected chi connectivity index (χ0v) is 44.2. The predicted octanol–water partition coefficient (Wildman–Crippen LogP) is -7.84. The van der Waals surface area contributed by atoms with Crippen molar-refractivity contribution in [2.75, 3.05) is 39.6 Å². The van der Waals surface area contributed by atoms with Crippen LogP contribution in [0.25, 0.3) is 0 Å². The van der Waals surface area contributed by atoms with Gasteiger partial charge in [0.15, 0.2) is 43.8 Å². The second-order valence-corrected chi connectivity index (χ2v) is 21.0. The molecule has 0 amide bonds. The van der Waals surface area contributed by atoms with Crippen LogP contribution in [0.3, 0.4) is 0 Å². The van der Waals surface area contributed by atoms with Crippen LogP contribution in [0, 0.1) is 17.8 Å². The fourth-order valence-corrected chi connectivity index (χ4v) is 10.2. The van der Waals surface area contributed by atoms with E-state index in [1.54, 1.807) is 6.08 Å². The largest absolute Gasteiger partial charge is 0.454 e. The third-order valence-electron chi connectivity index (χ3n) is 15.5. The lowest BCUT2D eigenvalue weighted by Gasteiger charge is -2.49. The molecule has 0 saturated carbocycles. The lowest BCUT2D eigenvalue weighted by atomic mass is 9.91. The lowest BCUT2D eigenvalue weighted by Crippen LogP contribution is -2.68. The Morgan fingerprint density at radius 1 is 0.443 bits per heavy atom. The molecule has 6 rings (SSSR count). The summed E-state index contributed by atoms with van der Waals surface area (Å²) in [5, 5.41) is 184. The minimum absolute atomic E-state index is 0.155. The van der Waals surface area contributed by atoms with Crippen LogP contribution in [-0.2, 0) is 61.6 Å². The third-order valence-corrected chi connectivity index (χ3v) is 15.5. The molecule has 0 radical (unpaired) electrons. The number of allylic oxidation sites excluding steroid dienone is 2. The van der Waals surface area contributed by atoms with Crippen molar-refractivity contribution in [3.8, 4) is 0 Å². The lowest BCUT2D eigenvalue weighted by molar-refractivity contribution is -0.389. The van der Waals surface area contributed by atoms with Gasteiger partial charge in [-0.2, -0.15) is 0 Å². The van der Waals surface area contributed by atoms with E-state index in [0.717, 1.165) is 25.7 Å². The van der Waals surface area contributed by atoms with Gasteiger partial charge in [-0.3, -0.25) is 4.79 Å². The van der Waals surface area contributed by atoms with Gasteiger partial charge in [0.1, 0.15) is 104 Å². The fraction of sp³-hybridized carbons (Fsp3) is 0.939. The van der Waals surface area contributed by atoms with Crippen LogP contribution in [0.15, 0.2) is 12.2 Å². The Labute approximate surface area is 455 Å². The van der Waals surface area contributed by atoms with Gasteiger partial charge in [-0.25, -0.2) is 0 Å². The van der Waals surface area contributed by atoms with Crippen LogP contribution in [0.5, 0.6) is 0 Å². The highest BCUT2D eigenvalue weighted by atomic mass is 16.8. The van der Waals surface area contributed by atoms with Crippen molar-refractivity contribution in [1.82, 2.24) is 0 Å². The monoisotopic (exact) mass is 1150 g/mol. The van der Waals surface area contributed by atoms with Gasteiger partial charge in [-0.05, 0) is 19.3 Å². The van der Waals surface area contributed by atoms with Crippen molar-refractivity contribution < 1.29 is 148 Å². The van der Waals surface area contributed by atoms with Crippen LogP contribution in [0.2, 0.25) is 0 Å². The van der Waals surface area contributed by atoms with Crippen molar-refractivity contribution in [2.45, 2.75) is 232 Å². The highest BCUT2D eigenvalue weighted by Gasteiger charge is 2.57. The van der Waals surface area contributed by atoms with E-state index < -0.39 is 235 Å². The summed E-state index contributed by atoms with van der Waals surface area (Å²) < 4.78 is 69.3. The average molecular weight is 1150 g/mol. The Balaban J connectivity index is 1.20. The Morgan fingerprint density at radius 2 is 0.835 bits per heavy atom. The van der Waals surface area contributed by atoms with E-state index in [2.05, 4.69) is 0 Å². The number of rotatable bonds is 24. The molecule has 6 heterocycles. The van der Waals surface area contributed by atoms with Crippen molar-refractivity contribution in [3.63, 3.8) is 0 Å². The van der Waals surface area contributed by atoms with Gasteiger partial charge < -0.3 is 144 Å². The normalized spacial score (nSPS) is 47.5. The number of aliphatic hydroxyl groups is 17. The summed E-state index contributed by atoms with van der Waals surface area (Å²) in [4.78, 5) is 13.8. The van der Waals surface area contributed by atoms with Crippen LogP contribution in [0.1, 0.15) is 59.8 Å². The van der Waals surface area contributed by atoms with Crippen LogP contribution >= 0.6 is 0 Å². The number of hydrogen-bond donors (Lipinski definition) is 17. The molecule has 31 unspecified atom stereocenters. The van der Waals surface area contributed by atoms with Crippen LogP contribution in [-0.4, -0.2) is 304 Å². The first-order valence-corrected chi connectivity index (χ1v) is 26.8. The molecule has 0 aromatic rings. The van der Waals surface area contributed by atoms with E-state index in [4.69, 9.17) is 56.8 Å². The Morgan fingerprint density at radius 3 is 1.32 bits per heavy atom. The Hall–Kier alpha value is -1.91. The second kappa shape index (κ2) is 30.3. The highest BCUT2D eigenvalue weighted by molar-refractivity contribution is 5.72. The van der Waals surface area contributed by atoms with Gasteiger partial charge in [0.25, 0.3) is 0 Å². The zero-order chi connectivity index (χ0) is 58.2. The molecule has 0 aliphatic carbocycles. The van der Waals surface area contributed by atoms with Gasteiger partial charge in [0, 0.05) is 11.8 Å². The van der Waals surface area contributed by atoms with Crippen LogP contribution in [0.4, 0.5) is 0 Å². The summed E-state index contributed by atoms with van der Waals surface area (Å²) in [6, 6.07) is 0. The molecule has 6 aliphatic rings. The first-order chi connectivity index (χ1) is 37.6. The van der Waals surface area contributed by atoms with E-state index >= 15 is 0 Å². The van der Waals surface area contributed by atoms with Gasteiger partial charge in [0.05, 0.1) is 70.0 Å². The van der Waals surface area contributed by atoms with E-state index in [9.17, 15) is 91.6 Å². The summed E-state index contributed by atoms with van der Waals surface area (Å²) in [6.45, 7) is 1.67. The number of carbonyl (C=O) groups is 1. The summed E-state index contributed by atoms with van der Waals surface area (Å²) in [7, 11) is 0. The molecular weight excluding hydrogens is 1070 g/mol. The number of hydrogen-bond acceptors (Lipinski definition) is 30. The van der Waals surface area contributed by atoms with Crippen molar-refractivity contribution >= 4 is 5.97 Å². The standard InChI is InChI=1S/C49H84O30/c1-5-6-7-8-9-10-11-18(2)43(66)75-42-37(65)40(78-48-36(64)31(59)39(24(15-53)73-48)77-47-34(62)28(56)20(4)22(13-51)71-47)25(16-54)74-49(42)79-41-26(69-44(67)32(60)29(41)57)17-68-45-35(63)30(58)38(23(14-52)72-45)76-46-33(61)27(55)19(3)21(12-50)70-46/h9-10,18-42,44-65,67H,5-8,11-17H2,1-4H3. The average Bonchev–Trinajstić information content (AvgIpc) is 3.52. The maximum atomic E-state index is 13.8. The molecule has 79 heavy (non-hydrogen) atoms. The zero-order valence-electron chi connectivity index (χ0n) is 44.2. The molecule has 6 aliphatic heterocycles. The minimum Gasteiger partial charge on any atom is -0.454 e. The number of esters is 1. The number of carbonyl (C=O) groups excluding carboxylic acids is 1. The molecular formula is C49H84O30. The molecule has 30 heteroatoms. The van der Waals surface area contributed by atoms with Crippen molar-refractivity contribution in [3.05, 3.63) is 12.2 Å². The molecule has 0 spiro atoms. The molecule has 460 valence electrons. The molecule has 31 atom stereocenters. The highest BCUT2D eigenvalue weighted by Crippen LogP contribution is 2.37. The summed E-state index contributed by atoms with van der Waals surface area (Å²) in [5.41, 5.74) is 0. The summed E-state index contributed by atoms with van der Waals surface area (Å²) in [5.74, 6) is -3.34. The van der Waals surface area contributed by atoms with Gasteiger partial charge in [-0.1, -0.05) is 52.7 Å². The van der Waals surface area contributed by atoms with Crippen LogP contribution < -0.4 is 0 Å². The topological polar surface area (TPSA) is 472 Å². The molecule has 0 aromatic carbocycles. The second-order valence-electron chi connectivity index (χ2n) is 21.0. The Bertz CT molecular complexity index is 1830.